The van der Waals surface area contributed by atoms with Crippen LogP contribution in [0.4, 0.5) is 11.4 Å². The Kier molecular flexibility index (Phi) is 4.66. The third-order valence-electron chi connectivity index (χ3n) is 2.68. The molecule has 0 unspecified atom stereocenters. The molecule has 1 heterocycles. The van der Waals surface area contributed by atoms with E-state index in [-0.39, 0.29) is 5.75 Å². The van der Waals surface area contributed by atoms with Gasteiger partial charge in [-0.3, -0.25) is 20.6 Å². The van der Waals surface area contributed by atoms with Gasteiger partial charge in [-0.15, -0.1) is 5.10 Å². The Morgan fingerprint density at radius 3 is 2.86 bits per heavy atom. The number of rotatable bonds is 6. The minimum Gasteiger partial charge on any atom is -0.481 e. The zero-order chi connectivity index (χ0) is 15.4. The molecule has 0 saturated heterocycles. The Bertz CT molecular complexity index is 644. The Hall–Kier alpha value is -2.26. The molecule has 8 nitrogen and oxygen atoms in total. The van der Waals surface area contributed by atoms with E-state index in [4.69, 9.17) is 5.11 Å². The zero-order valence-corrected chi connectivity index (χ0v) is 12.3. The van der Waals surface area contributed by atoms with Crippen LogP contribution in [0.15, 0.2) is 23.4 Å². The number of aromatic nitrogens is 3. The summed E-state index contributed by atoms with van der Waals surface area (Å²) in [5.41, 5.74) is 4.16. The highest BCUT2D eigenvalue weighted by Crippen LogP contribution is 2.29. The molecule has 0 aliphatic rings. The number of H-pyrrole nitrogens is 1. The van der Waals surface area contributed by atoms with Gasteiger partial charge in [0.05, 0.1) is 11.4 Å². The fourth-order valence-electron chi connectivity index (χ4n) is 1.67. The molecular weight excluding hydrogens is 294 g/mol. The van der Waals surface area contributed by atoms with Gasteiger partial charge >= 0.3 is 5.97 Å². The van der Waals surface area contributed by atoms with Crippen LogP contribution < -0.4 is 10.4 Å². The maximum atomic E-state index is 10.5. The molecule has 1 aromatic carbocycles. The quantitative estimate of drug-likeness (QED) is 0.469. The van der Waals surface area contributed by atoms with E-state index in [1.807, 2.05) is 25.1 Å². The average molecular weight is 309 g/mol. The van der Waals surface area contributed by atoms with E-state index in [9.17, 15) is 10.0 Å². The van der Waals surface area contributed by atoms with E-state index < -0.39 is 5.97 Å². The second kappa shape index (κ2) is 6.46. The molecule has 0 atom stereocenters. The summed E-state index contributed by atoms with van der Waals surface area (Å²) in [6.07, 6.45) is 0. The summed E-state index contributed by atoms with van der Waals surface area (Å²) >= 11 is 1.02. The Morgan fingerprint density at radius 1 is 1.48 bits per heavy atom. The van der Waals surface area contributed by atoms with Crippen molar-refractivity contribution in [1.82, 2.24) is 15.2 Å². The van der Waals surface area contributed by atoms with Crippen LogP contribution >= 0.6 is 11.8 Å². The van der Waals surface area contributed by atoms with Crippen molar-refractivity contribution in [1.29, 1.82) is 0 Å². The summed E-state index contributed by atoms with van der Waals surface area (Å²) in [5, 5.41) is 24.9. The highest BCUT2D eigenvalue weighted by Gasteiger charge is 2.12. The molecule has 0 saturated carbocycles. The maximum absolute atomic E-state index is 10.5. The summed E-state index contributed by atoms with van der Waals surface area (Å²) < 4.78 is 0. The lowest BCUT2D eigenvalue weighted by Crippen LogP contribution is -2.09. The first-order chi connectivity index (χ1) is 10.0. The van der Waals surface area contributed by atoms with Gasteiger partial charge in [0.25, 0.3) is 0 Å². The van der Waals surface area contributed by atoms with Gasteiger partial charge in [-0.1, -0.05) is 11.8 Å². The predicted octanol–water partition coefficient (Wildman–Crippen LogP) is 1.52. The van der Waals surface area contributed by atoms with E-state index in [0.717, 1.165) is 17.4 Å². The van der Waals surface area contributed by atoms with Crippen LogP contribution in [0.1, 0.15) is 0 Å². The number of benzene rings is 1. The molecular formula is C12H15N5O3S. The average Bonchev–Trinajstić information content (AvgIpc) is 2.93. The number of carboxylic acids is 1. The van der Waals surface area contributed by atoms with Crippen molar-refractivity contribution in [2.75, 3.05) is 30.2 Å². The van der Waals surface area contributed by atoms with Crippen LogP contribution in [0, 0.1) is 0 Å². The van der Waals surface area contributed by atoms with Crippen molar-refractivity contribution >= 4 is 29.1 Å². The Balaban J connectivity index is 2.27. The second-order valence-corrected chi connectivity index (χ2v) is 5.33. The molecule has 4 N–H and O–H groups in total. The standard InChI is InChI=1S/C12H15N5O3S/c1-17(2)7-3-4-8(9(5-7)16-20)11-13-12(15-14-11)21-6-10(18)19/h3-5,16,20H,6H2,1-2H3,(H,18,19)(H,13,14,15). The topological polar surface area (TPSA) is 114 Å². The zero-order valence-electron chi connectivity index (χ0n) is 11.5. The van der Waals surface area contributed by atoms with Gasteiger partial charge in [-0.05, 0) is 18.2 Å². The van der Waals surface area contributed by atoms with Crippen LogP contribution in [0.25, 0.3) is 11.4 Å². The van der Waals surface area contributed by atoms with E-state index in [2.05, 4.69) is 20.7 Å². The first-order valence-corrected chi connectivity index (χ1v) is 6.98. The van der Waals surface area contributed by atoms with Gasteiger partial charge in [0.2, 0.25) is 5.16 Å². The van der Waals surface area contributed by atoms with Crippen molar-refractivity contribution in [3.8, 4) is 11.4 Å². The van der Waals surface area contributed by atoms with Gasteiger partial charge in [0, 0.05) is 25.3 Å². The first kappa shape index (κ1) is 15.1. The SMILES string of the molecule is CN(C)c1ccc(-c2nc(SCC(=O)O)n[nH]2)c(NO)c1. The lowest BCUT2D eigenvalue weighted by molar-refractivity contribution is -0.133. The normalized spacial score (nSPS) is 10.4. The Morgan fingerprint density at radius 2 is 2.24 bits per heavy atom. The monoisotopic (exact) mass is 309 g/mol. The number of nitrogens with one attached hydrogen (secondary N) is 2. The van der Waals surface area contributed by atoms with Crippen molar-refractivity contribution < 1.29 is 15.1 Å². The van der Waals surface area contributed by atoms with Crippen LogP contribution in [-0.4, -0.2) is 51.3 Å². The first-order valence-electron chi connectivity index (χ1n) is 6.00. The molecule has 112 valence electrons. The second-order valence-electron chi connectivity index (χ2n) is 4.39. The number of carbonyl (C=O) groups is 1. The Labute approximate surface area is 125 Å². The van der Waals surface area contributed by atoms with Crippen LogP contribution in [0.2, 0.25) is 0 Å². The number of hydrogen-bond acceptors (Lipinski definition) is 7. The maximum Gasteiger partial charge on any atom is 0.313 e. The van der Waals surface area contributed by atoms with Gasteiger partial charge < -0.3 is 10.0 Å². The number of anilines is 2. The lowest BCUT2D eigenvalue weighted by Gasteiger charge is -2.15. The number of aliphatic carboxylic acids is 1. The van der Waals surface area contributed by atoms with E-state index >= 15 is 0 Å². The number of nitrogens with zero attached hydrogens (tertiary/aromatic N) is 3. The van der Waals surface area contributed by atoms with Crippen molar-refractivity contribution in [3.63, 3.8) is 0 Å². The lowest BCUT2D eigenvalue weighted by atomic mass is 10.1. The molecule has 1 aromatic heterocycles. The minimum absolute atomic E-state index is 0.109. The van der Waals surface area contributed by atoms with Gasteiger partial charge in [0.15, 0.2) is 5.82 Å². The smallest absolute Gasteiger partial charge is 0.313 e. The molecule has 0 aliphatic heterocycles. The summed E-state index contributed by atoms with van der Waals surface area (Å²) in [6.45, 7) is 0. The summed E-state index contributed by atoms with van der Waals surface area (Å²) in [7, 11) is 3.79. The fraction of sp³-hybridized carbons (Fsp3) is 0.250. The molecule has 2 aromatic rings. The van der Waals surface area contributed by atoms with Gasteiger partial charge in [-0.2, -0.15) is 0 Å². The third kappa shape index (κ3) is 3.64. The molecule has 9 heteroatoms. The molecule has 21 heavy (non-hydrogen) atoms. The molecule has 0 radical (unpaired) electrons. The largest absolute Gasteiger partial charge is 0.481 e. The van der Waals surface area contributed by atoms with Crippen molar-refractivity contribution in [2.24, 2.45) is 0 Å². The predicted molar refractivity (Wildman–Crippen MR) is 79.9 cm³/mol. The summed E-state index contributed by atoms with van der Waals surface area (Å²) in [5.74, 6) is -0.591. The van der Waals surface area contributed by atoms with Gasteiger partial charge in [-0.25, -0.2) is 4.98 Å². The van der Waals surface area contributed by atoms with E-state index in [1.165, 1.54) is 0 Å². The minimum atomic E-state index is -0.931. The molecule has 0 spiro atoms. The highest BCUT2D eigenvalue weighted by molar-refractivity contribution is 7.99. The number of hydrogen-bond donors (Lipinski definition) is 4. The number of thioether (sulfide) groups is 1. The van der Waals surface area contributed by atoms with Gasteiger partial charge in [0.1, 0.15) is 0 Å². The fourth-order valence-corrected chi connectivity index (χ4v) is 2.19. The summed E-state index contributed by atoms with van der Waals surface area (Å²) in [6, 6.07) is 5.44. The molecule has 0 aliphatic carbocycles. The van der Waals surface area contributed by atoms with Crippen LogP contribution in [0.3, 0.4) is 0 Å². The molecule has 0 amide bonds. The number of aromatic amines is 1. The third-order valence-corrected chi connectivity index (χ3v) is 3.52. The summed E-state index contributed by atoms with van der Waals surface area (Å²) in [4.78, 5) is 16.6. The van der Waals surface area contributed by atoms with Crippen LogP contribution in [0.5, 0.6) is 0 Å². The molecule has 2 rings (SSSR count). The van der Waals surface area contributed by atoms with E-state index in [0.29, 0.717) is 22.2 Å². The van der Waals surface area contributed by atoms with Crippen LogP contribution in [-0.2, 0) is 4.79 Å². The highest BCUT2D eigenvalue weighted by atomic mass is 32.2. The van der Waals surface area contributed by atoms with Crippen molar-refractivity contribution in [2.45, 2.75) is 5.16 Å². The molecule has 0 bridgehead atoms. The number of carboxylic acid groups (broad SMARTS) is 1. The van der Waals surface area contributed by atoms with E-state index in [1.54, 1.807) is 12.1 Å². The van der Waals surface area contributed by atoms with Crippen molar-refractivity contribution in [3.05, 3.63) is 18.2 Å². The molecule has 0 fully saturated rings.